The molecule has 0 unspecified atom stereocenters. The molecule has 0 aliphatic carbocycles. The lowest BCUT2D eigenvalue weighted by Gasteiger charge is -2.08. The number of nitrogens with zero attached hydrogens (tertiary/aromatic N) is 2. The largest absolute Gasteiger partial charge is 0.478 e. The molecule has 2 aromatic rings. The highest BCUT2D eigenvalue weighted by atomic mass is 16.6. The van der Waals surface area contributed by atoms with E-state index in [1.165, 1.54) is 26.0 Å². The predicted molar refractivity (Wildman–Crippen MR) is 81.6 cm³/mol. The average Bonchev–Trinajstić information content (AvgIpc) is 2.53. The SMILES string of the molecule is Cc1ccc(C(=O)O)c(C(=O)OC(=O)c2nc(C)ccc2C(=O)O)n1. The van der Waals surface area contributed by atoms with Gasteiger partial charge in [-0.05, 0) is 38.1 Å². The van der Waals surface area contributed by atoms with Gasteiger partial charge in [0.05, 0.1) is 11.1 Å². The number of rotatable bonds is 4. The van der Waals surface area contributed by atoms with Crippen LogP contribution >= 0.6 is 0 Å². The van der Waals surface area contributed by atoms with Crippen molar-refractivity contribution in [2.75, 3.05) is 0 Å². The second-order valence-electron chi connectivity index (χ2n) is 4.98. The molecule has 0 bridgehead atoms. The van der Waals surface area contributed by atoms with Crippen LogP contribution in [0.5, 0.6) is 0 Å². The summed E-state index contributed by atoms with van der Waals surface area (Å²) in [6.45, 7) is 3.05. The maximum atomic E-state index is 12.1. The molecule has 0 atom stereocenters. The third-order valence-corrected chi connectivity index (χ3v) is 3.10. The van der Waals surface area contributed by atoms with E-state index in [1.807, 2.05) is 0 Å². The van der Waals surface area contributed by atoms with E-state index in [0.717, 1.165) is 12.1 Å². The molecule has 0 saturated heterocycles. The van der Waals surface area contributed by atoms with Crippen molar-refractivity contribution in [2.45, 2.75) is 13.8 Å². The lowest BCUT2D eigenvalue weighted by molar-refractivity contribution is 0.0377. The minimum atomic E-state index is -1.42. The van der Waals surface area contributed by atoms with Crippen LogP contribution in [0.25, 0.3) is 0 Å². The van der Waals surface area contributed by atoms with Crippen molar-refractivity contribution in [2.24, 2.45) is 0 Å². The molecule has 2 N–H and O–H groups in total. The summed E-state index contributed by atoms with van der Waals surface area (Å²) in [7, 11) is 0. The zero-order valence-corrected chi connectivity index (χ0v) is 13.1. The first kappa shape index (κ1) is 17.7. The maximum absolute atomic E-state index is 12.1. The van der Waals surface area contributed by atoms with Crippen molar-refractivity contribution >= 4 is 23.9 Å². The second kappa shape index (κ2) is 6.87. The summed E-state index contributed by atoms with van der Waals surface area (Å²) in [5, 5.41) is 18.2. The lowest BCUT2D eigenvalue weighted by Crippen LogP contribution is -2.21. The summed E-state index contributed by atoms with van der Waals surface area (Å²) in [5.41, 5.74) is -1.34. The number of esters is 2. The number of ether oxygens (including phenoxy) is 1. The van der Waals surface area contributed by atoms with Crippen molar-refractivity contribution in [1.29, 1.82) is 0 Å². The molecular formula is C16H12N2O7. The van der Waals surface area contributed by atoms with Crippen LogP contribution in [0.1, 0.15) is 53.1 Å². The van der Waals surface area contributed by atoms with Crippen molar-refractivity contribution < 1.29 is 34.1 Å². The minimum Gasteiger partial charge on any atom is -0.478 e. The third-order valence-electron chi connectivity index (χ3n) is 3.10. The Morgan fingerprint density at radius 1 is 0.760 bits per heavy atom. The molecule has 0 aliphatic heterocycles. The molecule has 0 fully saturated rings. The van der Waals surface area contributed by atoms with E-state index in [-0.39, 0.29) is 0 Å². The van der Waals surface area contributed by atoms with Gasteiger partial charge in [-0.3, -0.25) is 0 Å². The number of hydrogen-bond donors (Lipinski definition) is 2. The summed E-state index contributed by atoms with van der Waals surface area (Å²) >= 11 is 0. The van der Waals surface area contributed by atoms with Gasteiger partial charge in [-0.1, -0.05) is 0 Å². The van der Waals surface area contributed by atoms with Gasteiger partial charge < -0.3 is 14.9 Å². The van der Waals surface area contributed by atoms with E-state index in [0.29, 0.717) is 11.4 Å². The Morgan fingerprint density at radius 3 is 1.44 bits per heavy atom. The molecule has 0 amide bonds. The van der Waals surface area contributed by atoms with Crippen molar-refractivity contribution in [3.8, 4) is 0 Å². The number of aromatic carboxylic acids is 2. The van der Waals surface area contributed by atoms with Gasteiger partial charge >= 0.3 is 23.9 Å². The van der Waals surface area contributed by atoms with Crippen LogP contribution in [-0.4, -0.2) is 44.1 Å². The molecule has 25 heavy (non-hydrogen) atoms. The van der Waals surface area contributed by atoms with Crippen molar-refractivity contribution in [3.63, 3.8) is 0 Å². The number of carboxylic acid groups (broad SMARTS) is 2. The fourth-order valence-corrected chi connectivity index (χ4v) is 1.95. The van der Waals surface area contributed by atoms with Crippen LogP contribution in [0.3, 0.4) is 0 Å². The number of aromatic nitrogens is 2. The Kier molecular flexibility index (Phi) is 4.87. The molecular weight excluding hydrogens is 332 g/mol. The van der Waals surface area contributed by atoms with Gasteiger partial charge in [-0.2, -0.15) is 0 Å². The molecule has 0 spiro atoms. The van der Waals surface area contributed by atoms with E-state index in [2.05, 4.69) is 14.7 Å². The topological polar surface area (TPSA) is 144 Å². The monoisotopic (exact) mass is 344 g/mol. The first-order valence-corrected chi connectivity index (χ1v) is 6.89. The van der Waals surface area contributed by atoms with E-state index in [1.54, 1.807) is 0 Å². The second-order valence-corrected chi connectivity index (χ2v) is 4.98. The number of carbonyl (C=O) groups excluding carboxylic acids is 2. The van der Waals surface area contributed by atoms with Crippen LogP contribution in [0, 0.1) is 13.8 Å². The number of carboxylic acids is 2. The Hall–Kier alpha value is -3.62. The van der Waals surface area contributed by atoms with Crippen LogP contribution < -0.4 is 0 Å². The number of carbonyl (C=O) groups is 4. The number of aryl methyl sites for hydroxylation is 2. The summed E-state index contributed by atoms with van der Waals surface area (Å²) in [4.78, 5) is 54.1. The summed E-state index contributed by atoms with van der Waals surface area (Å²) in [6.07, 6.45) is 0. The highest BCUT2D eigenvalue weighted by Crippen LogP contribution is 2.13. The predicted octanol–water partition coefficient (Wildman–Crippen LogP) is 1.49. The molecule has 0 radical (unpaired) electrons. The Labute approximate surface area is 140 Å². The van der Waals surface area contributed by atoms with Gasteiger partial charge in [0, 0.05) is 11.4 Å². The Balaban J connectivity index is 2.38. The van der Waals surface area contributed by atoms with Gasteiger partial charge in [-0.15, -0.1) is 0 Å². The molecule has 0 aromatic carbocycles. The first-order chi connectivity index (χ1) is 11.7. The molecule has 2 heterocycles. The number of pyridine rings is 2. The zero-order valence-electron chi connectivity index (χ0n) is 13.1. The van der Waals surface area contributed by atoms with Crippen LogP contribution in [-0.2, 0) is 4.74 Å². The standard InChI is InChI=1S/C16H12N2O7/c1-7-3-5-9(13(19)20)11(17-7)15(23)25-16(24)12-10(14(21)22)6-4-8(2)18-12/h3-6H,1-2H3,(H,19,20)(H,21,22). The fraction of sp³-hybridized carbons (Fsp3) is 0.125. The van der Waals surface area contributed by atoms with Crippen molar-refractivity contribution in [1.82, 2.24) is 9.97 Å². The van der Waals surface area contributed by atoms with Crippen LogP contribution in [0.2, 0.25) is 0 Å². The molecule has 9 nitrogen and oxygen atoms in total. The Morgan fingerprint density at radius 2 is 1.12 bits per heavy atom. The maximum Gasteiger partial charge on any atom is 0.365 e. The van der Waals surface area contributed by atoms with E-state index >= 15 is 0 Å². The van der Waals surface area contributed by atoms with Gasteiger partial charge in [0.1, 0.15) is 0 Å². The molecule has 128 valence electrons. The van der Waals surface area contributed by atoms with Crippen LogP contribution in [0.15, 0.2) is 24.3 Å². The molecule has 2 aromatic heterocycles. The summed E-state index contributed by atoms with van der Waals surface area (Å²) in [5.74, 6) is -5.48. The summed E-state index contributed by atoms with van der Waals surface area (Å²) < 4.78 is 4.58. The van der Waals surface area contributed by atoms with E-state index in [9.17, 15) is 19.2 Å². The summed E-state index contributed by atoms with van der Waals surface area (Å²) in [6, 6.07) is 5.07. The van der Waals surface area contributed by atoms with Crippen molar-refractivity contribution in [3.05, 3.63) is 58.2 Å². The fourth-order valence-electron chi connectivity index (χ4n) is 1.95. The minimum absolute atomic E-state index is 0.337. The van der Waals surface area contributed by atoms with E-state index in [4.69, 9.17) is 10.2 Å². The van der Waals surface area contributed by atoms with Gasteiger partial charge in [0.15, 0.2) is 11.4 Å². The first-order valence-electron chi connectivity index (χ1n) is 6.89. The van der Waals surface area contributed by atoms with E-state index < -0.39 is 46.4 Å². The zero-order chi connectivity index (χ0) is 18.7. The smallest absolute Gasteiger partial charge is 0.365 e. The normalized spacial score (nSPS) is 10.2. The lowest BCUT2D eigenvalue weighted by atomic mass is 10.1. The molecule has 0 saturated carbocycles. The third kappa shape index (κ3) is 3.83. The molecule has 0 aliphatic rings. The van der Waals surface area contributed by atoms with Gasteiger partial charge in [0.2, 0.25) is 0 Å². The number of hydrogen-bond acceptors (Lipinski definition) is 7. The Bertz CT molecular complexity index is 832. The molecule has 2 rings (SSSR count). The quantitative estimate of drug-likeness (QED) is 0.622. The highest BCUT2D eigenvalue weighted by molar-refractivity contribution is 6.08. The van der Waals surface area contributed by atoms with Gasteiger partial charge in [0.25, 0.3) is 0 Å². The molecule has 9 heteroatoms. The van der Waals surface area contributed by atoms with Crippen LogP contribution in [0.4, 0.5) is 0 Å². The highest BCUT2D eigenvalue weighted by Gasteiger charge is 2.26. The van der Waals surface area contributed by atoms with Gasteiger partial charge in [-0.25, -0.2) is 29.1 Å². The average molecular weight is 344 g/mol.